The van der Waals surface area contributed by atoms with Gasteiger partial charge in [0.15, 0.2) is 0 Å². The van der Waals surface area contributed by atoms with Crippen LogP contribution in [0.5, 0.6) is 0 Å². The maximum atomic E-state index is 3.20. The first-order chi connectivity index (χ1) is 5.29. The number of hydrogen-bond acceptors (Lipinski definition) is 1. The SMILES string of the molecule is CN(C)CCc1[c-]cccc1.[Li+]. The minimum Gasteiger partial charge on any atom is -0.309 e. The van der Waals surface area contributed by atoms with Gasteiger partial charge in [0.1, 0.15) is 0 Å². The number of rotatable bonds is 3. The monoisotopic (exact) mass is 155 g/mol. The average Bonchev–Trinajstić information content (AvgIpc) is 2.03. The van der Waals surface area contributed by atoms with Crippen molar-refractivity contribution in [3.05, 3.63) is 35.9 Å². The number of likely N-dealkylation sites (N-methyl/N-ethyl adjacent to an activating group) is 1. The van der Waals surface area contributed by atoms with E-state index in [4.69, 9.17) is 0 Å². The molecule has 0 radical (unpaired) electrons. The minimum absolute atomic E-state index is 0. The molecule has 0 bridgehead atoms. The van der Waals surface area contributed by atoms with E-state index in [9.17, 15) is 0 Å². The van der Waals surface area contributed by atoms with Gasteiger partial charge in [-0.15, -0.1) is 0 Å². The van der Waals surface area contributed by atoms with E-state index in [2.05, 4.69) is 37.2 Å². The van der Waals surface area contributed by atoms with Gasteiger partial charge in [-0.1, -0.05) is 0 Å². The number of hydrogen-bond donors (Lipinski definition) is 0. The third-order valence-corrected chi connectivity index (χ3v) is 1.60. The summed E-state index contributed by atoms with van der Waals surface area (Å²) in [6, 6.07) is 11.3. The van der Waals surface area contributed by atoms with Crippen LogP contribution in [0, 0.1) is 6.07 Å². The summed E-state index contributed by atoms with van der Waals surface area (Å²) in [7, 11) is 4.17. The average molecular weight is 155 g/mol. The first kappa shape index (κ1) is 11.8. The summed E-state index contributed by atoms with van der Waals surface area (Å²) in [5.41, 5.74) is 1.29. The predicted octanol–water partition coefficient (Wildman–Crippen LogP) is -1.41. The quantitative estimate of drug-likeness (QED) is 0.383. The van der Waals surface area contributed by atoms with Crippen LogP contribution in [0.2, 0.25) is 0 Å². The zero-order chi connectivity index (χ0) is 8.10. The summed E-state index contributed by atoms with van der Waals surface area (Å²) in [5, 5.41) is 0. The fourth-order valence-electron chi connectivity index (χ4n) is 0.930. The molecule has 1 aromatic carbocycles. The van der Waals surface area contributed by atoms with Crippen molar-refractivity contribution in [2.24, 2.45) is 0 Å². The fraction of sp³-hybridized carbons (Fsp3) is 0.400. The molecular weight excluding hydrogens is 141 g/mol. The van der Waals surface area contributed by atoms with Crippen LogP contribution in [0.3, 0.4) is 0 Å². The van der Waals surface area contributed by atoms with Crippen molar-refractivity contribution < 1.29 is 18.9 Å². The first-order valence-electron chi connectivity index (χ1n) is 3.89. The van der Waals surface area contributed by atoms with Crippen LogP contribution in [0.1, 0.15) is 5.56 Å². The molecule has 0 fully saturated rings. The molecule has 1 aromatic rings. The summed E-state index contributed by atoms with van der Waals surface area (Å²) >= 11 is 0. The summed E-state index contributed by atoms with van der Waals surface area (Å²) in [6.07, 6.45) is 1.09. The predicted molar refractivity (Wildman–Crippen MR) is 47.5 cm³/mol. The van der Waals surface area contributed by atoms with E-state index in [1.807, 2.05) is 12.1 Å². The summed E-state index contributed by atoms with van der Waals surface area (Å²) < 4.78 is 0. The molecular formula is C10H14LiN. The van der Waals surface area contributed by atoms with Crippen molar-refractivity contribution in [3.8, 4) is 0 Å². The molecule has 0 aliphatic rings. The Morgan fingerprint density at radius 2 is 2.08 bits per heavy atom. The van der Waals surface area contributed by atoms with Gasteiger partial charge in [0, 0.05) is 0 Å². The molecule has 0 saturated carbocycles. The van der Waals surface area contributed by atoms with Crippen LogP contribution in [0.15, 0.2) is 24.3 Å². The zero-order valence-corrected chi connectivity index (χ0v) is 8.17. The van der Waals surface area contributed by atoms with Gasteiger partial charge in [0.25, 0.3) is 0 Å². The van der Waals surface area contributed by atoms with Gasteiger partial charge in [-0.25, -0.2) is 0 Å². The third-order valence-electron chi connectivity index (χ3n) is 1.60. The summed E-state index contributed by atoms with van der Waals surface area (Å²) in [6.45, 7) is 1.10. The molecule has 0 aromatic heterocycles. The Kier molecular flexibility index (Phi) is 6.19. The molecule has 0 saturated heterocycles. The molecule has 0 aliphatic carbocycles. The van der Waals surface area contributed by atoms with Crippen molar-refractivity contribution in [1.82, 2.24) is 4.90 Å². The molecule has 60 valence electrons. The maximum absolute atomic E-state index is 3.20. The van der Waals surface area contributed by atoms with E-state index in [-0.39, 0.29) is 18.9 Å². The topological polar surface area (TPSA) is 3.24 Å². The molecule has 0 aliphatic heterocycles. The summed E-state index contributed by atoms with van der Waals surface area (Å²) in [4.78, 5) is 2.18. The normalized spacial score (nSPS) is 9.58. The molecule has 0 heterocycles. The fourth-order valence-corrected chi connectivity index (χ4v) is 0.930. The Balaban J connectivity index is 0.00000121. The van der Waals surface area contributed by atoms with E-state index < -0.39 is 0 Å². The Morgan fingerprint density at radius 1 is 1.33 bits per heavy atom. The zero-order valence-electron chi connectivity index (χ0n) is 8.17. The standard InChI is InChI=1S/C10H14N.Li/c1-11(2)9-8-10-6-4-3-5-7-10;/h3-6H,8-9H2,1-2H3;/q-1;+1. The second kappa shape index (κ2) is 6.31. The second-order valence-electron chi connectivity index (χ2n) is 2.94. The Hall–Kier alpha value is -0.223. The van der Waals surface area contributed by atoms with Crippen LogP contribution in [0.25, 0.3) is 0 Å². The van der Waals surface area contributed by atoms with E-state index >= 15 is 0 Å². The van der Waals surface area contributed by atoms with Crippen molar-refractivity contribution in [2.45, 2.75) is 6.42 Å². The van der Waals surface area contributed by atoms with Gasteiger partial charge in [-0.3, -0.25) is 0 Å². The van der Waals surface area contributed by atoms with E-state index in [1.54, 1.807) is 0 Å². The van der Waals surface area contributed by atoms with Crippen molar-refractivity contribution in [2.75, 3.05) is 20.6 Å². The molecule has 0 unspecified atom stereocenters. The van der Waals surface area contributed by atoms with Gasteiger partial charge in [0.05, 0.1) is 0 Å². The van der Waals surface area contributed by atoms with Gasteiger partial charge >= 0.3 is 18.9 Å². The molecule has 0 N–H and O–H groups in total. The largest absolute Gasteiger partial charge is 1.00 e. The van der Waals surface area contributed by atoms with Crippen LogP contribution in [-0.2, 0) is 6.42 Å². The molecule has 0 spiro atoms. The number of benzene rings is 1. The van der Waals surface area contributed by atoms with E-state index in [1.165, 1.54) is 5.56 Å². The van der Waals surface area contributed by atoms with Crippen LogP contribution in [-0.4, -0.2) is 25.5 Å². The van der Waals surface area contributed by atoms with Crippen LogP contribution >= 0.6 is 0 Å². The molecule has 1 nitrogen and oxygen atoms in total. The minimum atomic E-state index is 0. The Bertz CT molecular complexity index is 196. The van der Waals surface area contributed by atoms with Crippen molar-refractivity contribution >= 4 is 0 Å². The summed E-state index contributed by atoms with van der Waals surface area (Å²) in [5.74, 6) is 0. The van der Waals surface area contributed by atoms with Gasteiger partial charge in [-0.05, 0) is 27.1 Å². The van der Waals surface area contributed by atoms with Crippen molar-refractivity contribution in [3.63, 3.8) is 0 Å². The second-order valence-corrected chi connectivity index (χ2v) is 2.94. The van der Waals surface area contributed by atoms with Gasteiger partial charge in [0.2, 0.25) is 0 Å². The molecule has 0 atom stereocenters. The number of nitrogens with zero attached hydrogens (tertiary/aromatic N) is 1. The first-order valence-corrected chi connectivity index (χ1v) is 3.89. The van der Waals surface area contributed by atoms with E-state index in [0.29, 0.717) is 0 Å². The Morgan fingerprint density at radius 3 is 2.58 bits per heavy atom. The Labute approximate surface area is 86.9 Å². The smallest absolute Gasteiger partial charge is 0.309 e. The van der Waals surface area contributed by atoms with Gasteiger partial charge in [-0.2, -0.15) is 35.9 Å². The van der Waals surface area contributed by atoms with Crippen LogP contribution in [0.4, 0.5) is 0 Å². The van der Waals surface area contributed by atoms with E-state index in [0.717, 1.165) is 13.0 Å². The third kappa shape index (κ3) is 4.61. The van der Waals surface area contributed by atoms with Crippen molar-refractivity contribution in [1.29, 1.82) is 0 Å². The molecule has 0 amide bonds. The maximum Gasteiger partial charge on any atom is 1.00 e. The molecule has 2 heteroatoms. The molecule has 1 rings (SSSR count). The van der Waals surface area contributed by atoms with Crippen LogP contribution < -0.4 is 18.9 Å². The van der Waals surface area contributed by atoms with Gasteiger partial charge < -0.3 is 4.90 Å². The molecule has 12 heavy (non-hydrogen) atoms.